The Morgan fingerprint density at radius 1 is 1.14 bits per heavy atom. The first kappa shape index (κ1) is 14.9. The SMILES string of the molecule is C=CCN(CCc1c[nH]c2c1=CCCC=2)Cc1ccccc1. The molecule has 22 heavy (non-hydrogen) atoms. The molecule has 0 aliphatic heterocycles. The van der Waals surface area contributed by atoms with Gasteiger partial charge in [0.15, 0.2) is 0 Å². The number of fused-ring (bicyclic) bond motifs is 1. The molecule has 1 N–H and O–H groups in total. The Morgan fingerprint density at radius 3 is 2.77 bits per heavy atom. The van der Waals surface area contributed by atoms with Gasteiger partial charge in [-0.3, -0.25) is 4.90 Å². The highest BCUT2D eigenvalue weighted by atomic mass is 15.1. The Balaban J connectivity index is 1.67. The summed E-state index contributed by atoms with van der Waals surface area (Å²) in [6, 6.07) is 10.7. The molecule has 114 valence electrons. The summed E-state index contributed by atoms with van der Waals surface area (Å²) in [5.41, 5.74) is 2.80. The molecule has 1 aromatic carbocycles. The topological polar surface area (TPSA) is 19.0 Å². The summed E-state index contributed by atoms with van der Waals surface area (Å²) in [6.45, 7) is 6.86. The summed E-state index contributed by atoms with van der Waals surface area (Å²) in [5, 5.41) is 2.73. The number of nitrogens with zero attached hydrogens (tertiary/aromatic N) is 1. The molecule has 0 fully saturated rings. The fourth-order valence-electron chi connectivity index (χ4n) is 3.10. The van der Waals surface area contributed by atoms with Crippen molar-refractivity contribution in [1.29, 1.82) is 0 Å². The molecule has 0 amide bonds. The highest BCUT2D eigenvalue weighted by molar-refractivity contribution is 5.39. The molecule has 1 aliphatic carbocycles. The lowest BCUT2D eigenvalue weighted by Gasteiger charge is -2.20. The number of aromatic nitrogens is 1. The van der Waals surface area contributed by atoms with Crippen molar-refractivity contribution in [1.82, 2.24) is 9.88 Å². The van der Waals surface area contributed by atoms with E-state index in [2.05, 4.69) is 65.1 Å². The third-order valence-corrected chi connectivity index (χ3v) is 4.24. The van der Waals surface area contributed by atoms with Gasteiger partial charge in [0.1, 0.15) is 0 Å². The molecule has 0 spiro atoms. The summed E-state index contributed by atoms with van der Waals surface area (Å²) in [5.74, 6) is 0. The van der Waals surface area contributed by atoms with E-state index in [-0.39, 0.29) is 0 Å². The summed E-state index contributed by atoms with van der Waals surface area (Å²) >= 11 is 0. The molecular formula is C20H24N2. The van der Waals surface area contributed by atoms with Gasteiger partial charge in [0.2, 0.25) is 0 Å². The van der Waals surface area contributed by atoms with Crippen molar-refractivity contribution < 1.29 is 0 Å². The Labute approximate surface area is 132 Å². The van der Waals surface area contributed by atoms with E-state index in [0.29, 0.717) is 0 Å². The van der Waals surface area contributed by atoms with Crippen molar-refractivity contribution in [3.05, 3.63) is 70.9 Å². The molecule has 2 aromatic rings. The van der Waals surface area contributed by atoms with Crippen LogP contribution in [0.3, 0.4) is 0 Å². The van der Waals surface area contributed by atoms with Gasteiger partial charge >= 0.3 is 0 Å². The smallest absolute Gasteiger partial charge is 0.0413 e. The Hall–Kier alpha value is -2.06. The molecule has 0 saturated heterocycles. The zero-order valence-electron chi connectivity index (χ0n) is 13.1. The van der Waals surface area contributed by atoms with Crippen molar-refractivity contribution in [2.75, 3.05) is 13.1 Å². The standard InChI is InChI=1S/C20H24N2/c1-2-13-22(16-17-8-4-3-5-9-17)14-12-18-15-21-20-11-7-6-10-19(18)20/h2-5,8-11,15,21H,1,6-7,12-14,16H2. The number of rotatable bonds is 7. The molecule has 1 aliphatic rings. The van der Waals surface area contributed by atoms with Gasteiger partial charge in [0.25, 0.3) is 0 Å². The van der Waals surface area contributed by atoms with E-state index < -0.39 is 0 Å². The largest absolute Gasteiger partial charge is 0.361 e. The lowest BCUT2D eigenvalue weighted by molar-refractivity contribution is 0.298. The highest BCUT2D eigenvalue weighted by Crippen LogP contribution is 2.06. The average molecular weight is 292 g/mol. The van der Waals surface area contributed by atoms with Gasteiger partial charge in [-0.15, -0.1) is 6.58 Å². The third-order valence-electron chi connectivity index (χ3n) is 4.24. The van der Waals surface area contributed by atoms with Gasteiger partial charge < -0.3 is 4.98 Å². The highest BCUT2D eigenvalue weighted by Gasteiger charge is 2.07. The molecule has 1 aromatic heterocycles. The van der Waals surface area contributed by atoms with Crippen LogP contribution in [0.15, 0.2) is 49.2 Å². The molecule has 0 bridgehead atoms. The summed E-state index contributed by atoms with van der Waals surface area (Å²) < 4.78 is 0. The minimum atomic E-state index is 0.928. The molecule has 2 nitrogen and oxygen atoms in total. The number of H-pyrrole nitrogens is 1. The van der Waals surface area contributed by atoms with Crippen molar-refractivity contribution >= 4 is 12.2 Å². The maximum Gasteiger partial charge on any atom is 0.0413 e. The van der Waals surface area contributed by atoms with Crippen LogP contribution in [0.25, 0.3) is 12.2 Å². The van der Waals surface area contributed by atoms with E-state index in [1.54, 1.807) is 0 Å². The third kappa shape index (κ3) is 3.58. The monoisotopic (exact) mass is 292 g/mol. The Bertz CT molecular complexity index is 725. The van der Waals surface area contributed by atoms with Crippen LogP contribution < -0.4 is 10.6 Å². The van der Waals surface area contributed by atoms with E-state index in [9.17, 15) is 0 Å². The maximum absolute atomic E-state index is 3.90. The quantitative estimate of drug-likeness (QED) is 0.777. The number of benzene rings is 1. The van der Waals surface area contributed by atoms with Crippen LogP contribution in [0.5, 0.6) is 0 Å². The number of aromatic amines is 1. The number of hydrogen-bond acceptors (Lipinski definition) is 1. The van der Waals surface area contributed by atoms with Gasteiger partial charge in [0, 0.05) is 31.2 Å². The van der Waals surface area contributed by atoms with Crippen LogP contribution in [0.4, 0.5) is 0 Å². The predicted molar refractivity (Wildman–Crippen MR) is 93.8 cm³/mol. The summed E-state index contributed by atoms with van der Waals surface area (Å²) in [6.07, 6.45) is 12.3. The zero-order valence-corrected chi connectivity index (χ0v) is 13.1. The van der Waals surface area contributed by atoms with Crippen molar-refractivity contribution in [3.63, 3.8) is 0 Å². The van der Waals surface area contributed by atoms with Crippen molar-refractivity contribution in [3.8, 4) is 0 Å². The molecule has 0 radical (unpaired) electrons. The molecule has 3 rings (SSSR count). The Kier molecular flexibility index (Phi) is 4.92. The Morgan fingerprint density at radius 2 is 1.95 bits per heavy atom. The second-order valence-electron chi connectivity index (χ2n) is 5.89. The molecule has 0 atom stereocenters. The van der Waals surface area contributed by atoms with Crippen molar-refractivity contribution in [2.24, 2.45) is 0 Å². The molecular weight excluding hydrogens is 268 g/mol. The van der Waals surface area contributed by atoms with Crippen LogP contribution in [-0.2, 0) is 13.0 Å². The number of hydrogen-bond donors (Lipinski definition) is 1. The van der Waals surface area contributed by atoms with Gasteiger partial charge in [-0.05, 0) is 35.6 Å². The van der Waals surface area contributed by atoms with Crippen LogP contribution in [0, 0.1) is 0 Å². The first-order valence-electron chi connectivity index (χ1n) is 8.10. The van der Waals surface area contributed by atoms with E-state index >= 15 is 0 Å². The van der Waals surface area contributed by atoms with Gasteiger partial charge in [-0.25, -0.2) is 0 Å². The second kappa shape index (κ2) is 7.28. The van der Waals surface area contributed by atoms with Crippen LogP contribution in [0.1, 0.15) is 24.0 Å². The lowest BCUT2D eigenvalue weighted by atomic mass is 10.1. The van der Waals surface area contributed by atoms with Crippen LogP contribution in [0.2, 0.25) is 0 Å². The predicted octanol–water partition coefficient (Wildman–Crippen LogP) is 2.60. The molecule has 0 unspecified atom stereocenters. The summed E-state index contributed by atoms with van der Waals surface area (Å²) in [7, 11) is 0. The normalized spacial score (nSPS) is 13.3. The lowest BCUT2D eigenvalue weighted by Crippen LogP contribution is -2.30. The van der Waals surface area contributed by atoms with Gasteiger partial charge in [0.05, 0.1) is 0 Å². The van der Waals surface area contributed by atoms with Crippen LogP contribution >= 0.6 is 0 Å². The average Bonchev–Trinajstić information content (AvgIpc) is 2.97. The first-order chi connectivity index (χ1) is 10.9. The zero-order chi connectivity index (χ0) is 15.2. The fourth-order valence-corrected chi connectivity index (χ4v) is 3.10. The summed E-state index contributed by atoms with van der Waals surface area (Å²) in [4.78, 5) is 5.86. The van der Waals surface area contributed by atoms with E-state index in [4.69, 9.17) is 0 Å². The molecule has 0 saturated carbocycles. The fraction of sp³-hybridized carbons (Fsp3) is 0.300. The number of nitrogens with one attached hydrogen (secondary N) is 1. The minimum Gasteiger partial charge on any atom is -0.361 e. The maximum atomic E-state index is 3.90. The van der Waals surface area contributed by atoms with E-state index in [1.807, 2.05) is 6.08 Å². The van der Waals surface area contributed by atoms with Crippen molar-refractivity contribution in [2.45, 2.75) is 25.8 Å². The molecule has 2 heteroatoms. The van der Waals surface area contributed by atoms with E-state index in [0.717, 1.165) is 38.9 Å². The van der Waals surface area contributed by atoms with Gasteiger partial charge in [-0.1, -0.05) is 48.6 Å². The second-order valence-corrected chi connectivity index (χ2v) is 5.89. The van der Waals surface area contributed by atoms with Crippen LogP contribution in [-0.4, -0.2) is 23.0 Å². The minimum absolute atomic E-state index is 0.928. The molecule has 1 heterocycles. The van der Waals surface area contributed by atoms with Gasteiger partial charge in [-0.2, -0.15) is 0 Å². The van der Waals surface area contributed by atoms with E-state index in [1.165, 1.54) is 21.7 Å². The first-order valence-corrected chi connectivity index (χ1v) is 8.10.